The molecule has 0 unspecified atom stereocenters. The zero-order valence-electron chi connectivity index (χ0n) is 13.6. The summed E-state index contributed by atoms with van der Waals surface area (Å²) in [5.41, 5.74) is 2.03. The van der Waals surface area contributed by atoms with Gasteiger partial charge in [0.1, 0.15) is 0 Å². The van der Waals surface area contributed by atoms with Crippen LogP contribution in [0.3, 0.4) is 0 Å². The summed E-state index contributed by atoms with van der Waals surface area (Å²) >= 11 is 1.73. The zero-order chi connectivity index (χ0) is 17.6. The highest BCUT2D eigenvalue weighted by molar-refractivity contribution is 7.10. The number of H-pyrrole nitrogens is 1. The first-order valence-corrected chi connectivity index (χ1v) is 8.98. The number of nitro benzene ring substituents is 1. The van der Waals surface area contributed by atoms with Gasteiger partial charge >= 0.3 is 0 Å². The average molecular weight is 356 g/mol. The lowest BCUT2D eigenvalue weighted by Crippen LogP contribution is -2.39. The number of rotatable bonds is 3. The number of amides is 1. The number of fused-ring (bicyclic) bond motifs is 2. The van der Waals surface area contributed by atoms with E-state index in [1.807, 2.05) is 4.90 Å². The quantitative estimate of drug-likeness (QED) is 0.572. The van der Waals surface area contributed by atoms with Crippen LogP contribution in [-0.4, -0.2) is 32.5 Å². The fraction of sp³-hybridized carbons (Fsp3) is 0.294. The second-order valence-corrected chi connectivity index (χ2v) is 7.03. The van der Waals surface area contributed by atoms with Crippen LogP contribution in [0, 0.1) is 10.1 Å². The Hall–Kier alpha value is -2.74. The molecule has 4 rings (SSSR count). The minimum absolute atomic E-state index is 0.0212. The lowest BCUT2D eigenvalue weighted by Gasteiger charge is -2.35. The van der Waals surface area contributed by atoms with Gasteiger partial charge in [-0.1, -0.05) is 6.92 Å². The van der Waals surface area contributed by atoms with Gasteiger partial charge in [0, 0.05) is 28.9 Å². The molecule has 0 saturated carbocycles. The van der Waals surface area contributed by atoms with Crippen LogP contribution in [0.1, 0.15) is 40.3 Å². The molecular formula is C17H16N4O3S. The largest absolute Gasteiger partial charge is 0.330 e. The maximum atomic E-state index is 13.1. The molecule has 0 fully saturated rings. The van der Waals surface area contributed by atoms with E-state index in [2.05, 4.69) is 28.6 Å². The summed E-state index contributed by atoms with van der Waals surface area (Å²) < 4.78 is 0. The van der Waals surface area contributed by atoms with Gasteiger partial charge in [-0.3, -0.25) is 20.0 Å². The van der Waals surface area contributed by atoms with Crippen LogP contribution in [-0.2, 0) is 6.42 Å². The van der Waals surface area contributed by atoms with E-state index >= 15 is 0 Å². The van der Waals surface area contributed by atoms with Crippen molar-refractivity contribution in [1.29, 1.82) is 0 Å². The molecule has 1 N–H and O–H groups in total. The van der Waals surface area contributed by atoms with Crippen LogP contribution in [0.25, 0.3) is 10.9 Å². The van der Waals surface area contributed by atoms with Crippen molar-refractivity contribution < 1.29 is 9.72 Å². The number of hydrogen-bond acceptors (Lipinski definition) is 5. The van der Waals surface area contributed by atoms with Gasteiger partial charge in [0.2, 0.25) is 0 Å². The lowest BCUT2D eigenvalue weighted by atomic mass is 9.97. The first kappa shape index (κ1) is 15.8. The number of non-ortho nitro benzene ring substituents is 1. The molecule has 2 aromatic heterocycles. The van der Waals surface area contributed by atoms with E-state index in [0.29, 0.717) is 17.4 Å². The summed E-state index contributed by atoms with van der Waals surface area (Å²) in [6.45, 7) is 2.69. The van der Waals surface area contributed by atoms with Crippen molar-refractivity contribution >= 4 is 33.8 Å². The third kappa shape index (κ3) is 2.49. The second-order valence-electron chi connectivity index (χ2n) is 6.03. The highest BCUT2D eigenvalue weighted by Gasteiger charge is 2.32. The standard InChI is InChI=1S/C17H16N4O3S/c1-2-14-11-6-8-25-15(11)5-7-20(14)17(22)16-12-9-10(21(23)24)3-4-13(12)18-19-16/h3-4,6,8-9,14H,2,5,7H2,1H3,(H,18,19)/t14-/m1/s1. The Morgan fingerprint density at radius 2 is 2.32 bits per heavy atom. The first-order valence-electron chi connectivity index (χ1n) is 8.10. The zero-order valence-corrected chi connectivity index (χ0v) is 14.4. The number of aromatic amines is 1. The summed E-state index contributed by atoms with van der Waals surface area (Å²) in [6, 6.07) is 6.51. The number of nitro groups is 1. The van der Waals surface area contributed by atoms with Crippen molar-refractivity contribution in [3.05, 3.63) is 55.9 Å². The van der Waals surface area contributed by atoms with Gasteiger partial charge in [-0.15, -0.1) is 11.3 Å². The van der Waals surface area contributed by atoms with Crippen molar-refractivity contribution in [3.63, 3.8) is 0 Å². The topological polar surface area (TPSA) is 92.1 Å². The Kier molecular flexibility index (Phi) is 3.76. The molecule has 1 aliphatic rings. The number of nitrogens with one attached hydrogen (secondary N) is 1. The molecule has 3 heterocycles. The van der Waals surface area contributed by atoms with Gasteiger partial charge in [-0.2, -0.15) is 5.10 Å². The minimum Gasteiger partial charge on any atom is -0.330 e. The number of benzene rings is 1. The van der Waals surface area contributed by atoms with E-state index in [9.17, 15) is 14.9 Å². The highest BCUT2D eigenvalue weighted by Crippen LogP contribution is 2.36. The van der Waals surface area contributed by atoms with E-state index in [0.717, 1.165) is 12.8 Å². The number of thiophene rings is 1. The molecule has 0 saturated heterocycles. The van der Waals surface area contributed by atoms with Crippen molar-refractivity contribution in [1.82, 2.24) is 15.1 Å². The SMILES string of the molecule is CC[C@@H]1c2ccsc2CCN1C(=O)c1n[nH]c2ccc([N+](=O)[O-])cc12. The molecule has 0 radical (unpaired) electrons. The normalized spacial score (nSPS) is 16.8. The Balaban J connectivity index is 1.75. The van der Waals surface area contributed by atoms with Crippen LogP contribution in [0.5, 0.6) is 0 Å². The van der Waals surface area contributed by atoms with Gasteiger partial charge in [-0.05, 0) is 35.9 Å². The molecule has 0 bridgehead atoms. The molecule has 0 spiro atoms. The maximum absolute atomic E-state index is 13.1. The second kappa shape index (κ2) is 5.96. The molecule has 0 aliphatic carbocycles. The van der Waals surface area contributed by atoms with E-state index in [1.54, 1.807) is 17.4 Å². The first-order chi connectivity index (χ1) is 12.1. The van der Waals surface area contributed by atoms with Crippen molar-refractivity contribution in [2.75, 3.05) is 6.54 Å². The molecule has 3 aromatic rings. The third-order valence-electron chi connectivity index (χ3n) is 4.70. The molecule has 1 aliphatic heterocycles. The number of carbonyl (C=O) groups is 1. The van der Waals surface area contributed by atoms with E-state index in [1.165, 1.54) is 22.6 Å². The fourth-order valence-corrected chi connectivity index (χ4v) is 4.42. The van der Waals surface area contributed by atoms with Crippen LogP contribution in [0.15, 0.2) is 29.6 Å². The number of aromatic nitrogens is 2. The predicted molar refractivity (Wildman–Crippen MR) is 94.8 cm³/mol. The Bertz CT molecular complexity index is 977. The van der Waals surface area contributed by atoms with Crippen molar-refractivity contribution in [2.45, 2.75) is 25.8 Å². The van der Waals surface area contributed by atoms with Gasteiger partial charge in [-0.25, -0.2) is 0 Å². The molecular weight excluding hydrogens is 340 g/mol. The molecule has 25 heavy (non-hydrogen) atoms. The summed E-state index contributed by atoms with van der Waals surface area (Å²) in [7, 11) is 0. The monoisotopic (exact) mass is 356 g/mol. The maximum Gasteiger partial charge on any atom is 0.275 e. The fourth-order valence-electron chi connectivity index (χ4n) is 3.49. The van der Waals surface area contributed by atoms with E-state index < -0.39 is 4.92 Å². The molecule has 1 atom stereocenters. The minimum atomic E-state index is -0.464. The number of carbonyl (C=O) groups excluding carboxylic acids is 1. The predicted octanol–water partition coefficient (Wildman–Crippen LogP) is 3.68. The highest BCUT2D eigenvalue weighted by atomic mass is 32.1. The number of hydrogen-bond donors (Lipinski definition) is 1. The molecule has 1 aromatic carbocycles. The molecule has 7 nitrogen and oxygen atoms in total. The van der Waals surface area contributed by atoms with Crippen LogP contribution in [0.4, 0.5) is 5.69 Å². The molecule has 128 valence electrons. The lowest BCUT2D eigenvalue weighted by molar-refractivity contribution is -0.384. The Morgan fingerprint density at radius 3 is 3.08 bits per heavy atom. The van der Waals surface area contributed by atoms with Crippen molar-refractivity contribution in [2.24, 2.45) is 0 Å². The smallest absolute Gasteiger partial charge is 0.275 e. The third-order valence-corrected chi connectivity index (χ3v) is 5.70. The van der Waals surface area contributed by atoms with Gasteiger partial charge < -0.3 is 4.90 Å². The van der Waals surface area contributed by atoms with Crippen molar-refractivity contribution in [3.8, 4) is 0 Å². The van der Waals surface area contributed by atoms with Crippen LogP contribution >= 0.6 is 11.3 Å². The summed E-state index contributed by atoms with van der Waals surface area (Å²) in [5, 5.41) is 20.5. The molecule has 1 amide bonds. The summed E-state index contributed by atoms with van der Waals surface area (Å²) in [6.07, 6.45) is 1.65. The van der Waals surface area contributed by atoms with Gasteiger partial charge in [0.25, 0.3) is 11.6 Å². The Morgan fingerprint density at radius 1 is 1.48 bits per heavy atom. The van der Waals surface area contributed by atoms with Crippen LogP contribution in [0.2, 0.25) is 0 Å². The number of nitrogens with zero attached hydrogens (tertiary/aromatic N) is 3. The molecule has 8 heteroatoms. The van der Waals surface area contributed by atoms with Crippen LogP contribution < -0.4 is 0 Å². The Labute approximate surface area is 147 Å². The van der Waals surface area contributed by atoms with Gasteiger partial charge in [0.05, 0.1) is 16.5 Å². The average Bonchev–Trinajstić information content (AvgIpc) is 3.26. The van der Waals surface area contributed by atoms with E-state index in [-0.39, 0.29) is 23.3 Å². The van der Waals surface area contributed by atoms with Gasteiger partial charge in [0.15, 0.2) is 5.69 Å². The summed E-state index contributed by atoms with van der Waals surface area (Å²) in [5.74, 6) is -0.185. The summed E-state index contributed by atoms with van der Waals surface area (Å²) in [4.78, 5) is 26.9. The van der Waals surface area contributed by atoms with E-state index in [4.69, 9.17) is 0 Å².